The number of benzene rings is 1. The summed E-state index contributed by atoms with van der Waals surface area (Å²) < 4.78 is 18.8. The summed E-state index contributed by atoms with van der Waals surface area (Å²) in [5.74, 6) is 4.93. The number of hydrogen-bond donors (Lipinski definition) is 1. The molecule has 0 atom stereocenters. The minimum absolute atomic E-state index is 0.0748. The Balaban J connectivity index is 1.98. The Hall–Kier alpha value is -2.35. The first-order chi connectivity index (χ1) is 10.6. The van der Waals surface area contributed by atoms with Crippen molar-refractivity contribution in [3.05, 3.63) is 46.4 Å². The van der Waals surface area contributed by atoms with E-state index in [1.165, 1.54) is 18.3 Å². The molecule has 22 heavy (non-hydrogen) atoms. The Morgan fingerprint density at radius 3 is 2.77 bits per heavy atom. The van der Waals surface area contributed by atoms with Crippen LogP contribution in [-0.4, -0.2) is 28.5 Å². The summed E-state index contributed by atoms with van der Waals surface area (Å²) in [6, 6.07) is 4.62. The lowest BCUT2D eigenvalue weighted by atomic mass is 10.3. The Bertz CT molecular complexity index is 703. The Labute approximate surface area is 135 Å². The molecular formula is C14H13BrFN5O. The third-order valence-corrected chi connectivity index (χ3v) is 3.15. The second-order valence-corrected chi connectivity index (χ2v) is 5.16. The van der Waals surface area contributed by atoms with Crippen LogP contribution in [0, 0.1) is 12.7 Å². The molecule has 0 saturated carbocycles. The number of hydrazone groups is 1. The first kappa shape index (κ1) is 16.0. The maximum atomic E-state index is 13.1. The number of ether oxygens (including phenoxy) is 1. The van der Waals surface area contributed by atoms with Crippen molar-refractivity contribution in [2.45, 2.75) is 6.92 Å². The molecule has 1 aromatic carbocycles. The first-order valence-corrected chi connectivity index (χ1v) is 7.05. The number of hydrogen-bond acceptors (Lipinski definition) is 6. The summed E-state index contributed by atoms with van der Waals surface area (Å²) in [6.07, 6.45) is 4.73. The number of aromatic nitrogens is 2. The highest BCUT2D eigenvalue weighted by atomic mass is 79.9. The third kappa shape index (κ3) is 4.59. The molecule has 0 unspecified atom stereocenters. The van der Waals surface area contributed by atoms with Gasteiger partial charge in [0.05, 0.1) is 16.4 Å². The zero-order valence-electron chi connectivity index (χ0n) is 11.7. The molecule has 0 radical (unpaired) electrons. The van der Waals surface area contributed by atoms with Crippen LogP contribution in [0.4, 0.5) is 10.1 Å². The smallest absolute Gasteiger partial charge is 0.316 e. The highest BCUT2D eigenvalue weighted by Gasteiger charge is 2.02. The van der Waals surface area contributed by atoms with Crippen LogP contribution in [0.15, 0.2) is 45.2 Å². The summed E-state index contributed by atoms with van der Waals surface area (Å²) in [5, 5.41) is 3.58. The number of nitrogens with two attached hydrogens (primary N) is 1. The molecule has 0 aliphatic rings. The summed E-state index contributed by atoms with van der Waals surface area (Å²) >= 11 is 3.09. The van der Waals surface area contributed by atoms with Crippen molar-refractivity contribution in [1.29, 1.82) is 0 Å². The van der Waals surface area contributed by atoms with Crippen molar-refractivity contribution in [1.82, 2.24) is 9.97 Å². The van der Waals surface area contributed by atoms with E-state index in [9.17, 15) is 4.39 Å². The largest absolute Gasteiger partial charge is 0.457 e. The van der Waals surface area contributed by atoms with Crippen molar-refractivity contribution in [2.75, 3.05) is 6.61 Å². The molecule has 114 valence electrons. The second kappa shape index (κ2) is 7.60. The zero-order chi connectivity index (χ0) is 15.9. The van der Waals surface area contributed by atoms with Gasteiger partial charge in [-0.15, -0.1) is 0 Å². The van der Waals surface area contributed by atoms with Gasteiger partial charge in [-0.2, -0.15) is 5.10 Å². The van der Waals surface area contributed by atoms with Gasteiger partial charge in [-0.1, -0.05) is 0 Å². The summed E-state index contributed by atoms with van der Waals surface area (Å²) in [4.78, 5) is 12.2. The Morgan fingerprint density at radius 1 is 1.41 bits per heavy atom. The lowest BCUT2D eigenvalue weighted by Crippen LogP contribution is -2.16. The van der Waals surface area contributed by atoms with Gasteiger partial charge >= 0.3 is 6.01 Å². The Kier molecular flexibility index (Phi) is 5.54. The van der Waals surface area contributed by atoms with Gasteiger partial charge < -0.3 is 10.6 Å². The standard InChI is InChI=1S/C14H13BrFN5O/c1-9-5-19-14(20-6-9)22-8-11(21-17)7-18-10-2-3-13(16)12(15)4-10/h2-7H,8,17H2,1H3. The van der Waals surface area contributed by atoms with Gasteiger partial charge in [0, 0.05) is 12.4 Å². The van der Waals surface area contributed by atoms with E-state index in [0.29, 0.717) is 15.9 Å². The predicted molar refractivity (Wildman–Crippen MR) is 86.1 cm³/mol. The quantitative estimate of drug-likeness (QED) is 0.501. The van der Waals surface area contributed by atoms with Crippen LogP contribution >= 0.6 is 15.9 Å². The van der Waals surface area contributed by atoms with Crippen LogP contribution in [0.3, 0.4) is 0 Å². The highest BCUT2D eigenvalue weighted by Crippen LogP contribution is 2.21. The summed E-state index contributed by atoms with van der Waals surface area (Å²) in [5.41, 5.74) is 1.88. The van der Waals surface area contributed by atoms with Crippen LogP contribution in [0.5, 0.6) is 6.01 Å². The molecule has 6 nitrogen and oxygen atoms in total. The van der Waals surface area contributed by atoms with Crippen molar-refractivity contribution in [3.8, 4) is 6.01 Å². The minimum Gasteiger partial charge on any atom is -0.457 e. The van der Waals surface area contributed by atoms with Gasteiger partial charge in [0.15, 0.2) is 0 Å². The van der Waals surface area contributed by atoms with Crippen LogP contribution in [0.25, 0.3) is 0 Å². The Morgan fingerprint density at radius 2 is 2.14 bits per heavy atom. The highest BCUT2D eigenvalue weighted by molar-refractivity contribution is 9.10. The zero-order valence-corrected chi connectivity index (χ0v) is 13.3. The number of rotatable bonds is 5. The normalized spacial score (nSPS) is 11.9. The molecular weight excluding hydrogens is 353 g/mol. The molecule has 0 aliphatic carbocycles. The third-order valence-electron chi connectivity index (χ3n) is 2.54. The molecule has 2 aromatic rings. The van der Waals surface area contributed by atoms with Crippen LogP contribution in [0.2, 0.25) is 0 Å². The molecule has 0 fully saturated rings. The molecule has 0 bridgehead atoms. The van der Waals surface area contributed by atoms with E-state index in [2.05, 4.69) is 36.0 Å². The molecule has 0 saturated heterocycles. The SMILES string of the molecule is Cc1cnc(OCC(C=Nc2ccc(F)c(Br)c2)=NN)nc1. The van der Waals surface area contributed by atoms with Gasteiger partial charge in [-0.3, -0.25) is 4.99 Å². The van der Waals surface area contributed by atoms with E-state index in [1.54, 1.807) is 18.5 Å². The van der Waals surface area contributed by atoms with Crippen LogP contribution in [0.1, 0.15) is 5.56 Å². The maximum absolute atomic E-state index is 13.1. The molecule has 2 N–H and O–H groups in total. The number of aryl methyl sites for hydroxylation is 1. The van der Waals surface area contributed by atoms with Crippen molar-refractivity contribution in [2.24, 2.45) is 15.9 Å². The lowest BCUT2D eigenvalue weighted by Gasteiger charge is -2.03. The van der Waals surface area contributed by atoms with Gasteiger partial charge in [-0.05, 0) is 46.6 Å². The number of nitrogens with zero attached hydrogens (tertiary/aromatic N) is 4. The van der Waals surface area contributed by atoms with E-state index in [-0.39, 0.29) is 18.4 Å². The van der Waals surface area contributed by atoms with E-state index in [4.69, 9.17) is 10.6 Å². The lowest BCUT2D eigenvalue weighted by molar-refractivity contribution is 0.346. The van der Waals surface area contributed by atoms with Crippen molar-refractivity contribution >= 4 is 33.5 Å². The fourth-order valence-corrected chi connectivity index (χ4v) is 1.78. The minimum atomic E-state index is -0.355. The predicted octanol–water partition coefficient (Wildman–Crippen LogP) is 2.78. The second-order valence-electron chi connectivity index (χ2n) is 4.31. The maximum Gasteiger partial charge on any atom is 0.316 e. The molecule has 8 heteroatoms. The molecule has 2 rings (SSSR count). The molecule has 1 heterocycles. The van der Waals surface area contributed by atoms with E-state index >= 15 is 0 Å². The first-order valence-electron chi connectivity index (χ1n) is 6.26. The van der Waals surface area contributed by atoms with Crippen LogP contribution in [-0.2, 0) is 0 Å². The van der Waals surface area contributed by atoms with Crippen molar-refractivity contribution in [3.63, 3.8) is 0 Å². The summed E-state index contributed by atoms with van der Waals surface area (Å²) in [7, 11) is 0. The van der Waals surface area contributed by atoms with E-state index in [0.717, 1.165) is 5.56 Å². The van der Waals surface area contributed by atoms with E-state index in [1.807, 2.05) is 6.92 Å². The monoisotopic (exact) mass is 365 g/mol. The molecule has 0 amide bonds. The number of aliphatic imine (C=N–C) groups is 1. The van der Waals surface area contributed by atoms with Gasteiger partial charge in [0.25, 0.3) is 0 Å². The fourth-order valence-electron chi connectivity index (χ4n) is 1.42. The van der Waals surface area contributed by atoms with Crippen molar-refractivity contribution < 1.29 is 9.13 Å². The average molecular weight is 366 g/mol. The fraction of sp³-hybridized carbons (Fsp3) is 0.143. The molecule has 0 aliphatic heterocycles. The van der Waals surface area contributed by atoms with Gasteiger partial charge in [0.1, 0.15) is 18.1 Å². The topological polar surface area (TPSA) is 85.8 Å². The van der Waals surface area contributed by atoms with Gasteiger partial charge in [-0.25, -0.2) is 14.4 Å². The average Bonchev–Trinajstić information content (AvgIpc) is 2.52. The number of halogens is 2. The molecule has 0 spiro atoms. The summed E-state index contributed by atoms with van der Waals surface area (Å²) in [6.45, 7) is 1.95. The van der Waals surface area contributed by atoms with E-state index < -0.39 is 0 Å². The van der Waals surface area contributed by atoms with Crippen LogP contribution < -0.4 is 10.6 Å². The molecule has 1 aromatic heterocycles. The van der Waals surface area contributed by atoms with Gasteiger partial charge in [0.2, 0.25) is 0 Å².